The lowest BCUT2D eigenvalue weighted by atomic mass is 9.71. The molecule has 244 valence electrons. The summed E-state index contributed by atoms with van der Waals surface area (Å²) >= 11 is 0. The number of hydrogen-bond donors (Lipinski definition) is 0. The Labute approximate surface area is 265 Å². The first-order valence-electron chi connectivity index (χ1n) is 16.2. The molecule has 2 nitrogen and oxygen atoms in total. The summed E-state index contributed by atoms with van der Waals surface area (Å²) in [6, 6.07) is 11.4. The van der Waals surface area contributed by atoms with Crippen LogP contribution in [-0.2, 0) is 17.0 Å². The second kappa shape index (κ2) is 12.2. The molecular formula is C37H46F5NOSi. The summed E-state index contributed by atoms with van der Waals surface area (Å²) in [6.07, 6.45) is -1.43. The van der Waals surface area contributed by atoms with Gasteiger partial charge in [0, 0.05) is 22.7 Å². The van der Waals surface area contributed by atoms with Crippen LogP contribution in [0.2, 0.25) is 19.1 Å². The van der Waals surface area contributed by atoms with Crippen LogP contribution in [0.5, 0.6) is 0 Å². The standard InChI is InChI=1S/C37H46F5NOSi/c1-35(2,3)22-45(6,7)44-29-21-36(4,5)20-28-31(29)30(23-14-18-27(38)19-15-23)32(34(43-28)25-10-8-9-11-25)33(39)24-12-16-26(17-13-24)37(40,41)42/h12-19,25,29,33H,8-11,20-22H2,1-7H3. The first-order valence-corrected chi connectivity index (χ1v) is 19.3. The predicted molar refractivity (Wildman–Crippen MR) is 173 cm³/mol. The molecule has 1 aromatic heterocycles. The van der Waals surface area contributed by atoms with Crippen LogP contribution in [0.4, 0.5) is 22.0 Å². The van der Waals surface area contributed by atoms with Gasteiger partial charge in [-0.25, -0.2) is 8.78 Å². The van der Waals surface area contributed by atoms with Gasteiger partial charge in [-0.1, -0.05) is 71.7 Å². The number of fused-ring (bicyclic) bond motifs is 1. The van der Waals surface area contributed by atoms with E-state index in [-0.39, 0.29) is 28.4 Å². The highest BCUT2D eigenvalue weighted by Gasteiger charge is 2.43. The largest absolute Gasteiger partial charge is 0.416 e. The van der Waals surface area contributed by atoms with E-state index in [9.17, 15) is 17.6 Å². The van der Waals surface area contributed by atoms with E-state index in [0.717, 1.165) is 61.5 Å². The summed E-state index contributed by atoms with van der Waals surface area (Å²) in [7, 11) is -2.25. The average Bonchev–Trinajstić information content (AvgIpc) is 3.44. The third kappa shape index (κ3) is 7.70. The summed E-state index contributed by atoms with van der Waals surface area (Å²) in [6.45, 7) is 15.5. The van der Waals surface area contributed by atoms with Crippen molar-refractivity contribution in [3.8, 4) is 11.1 Å². The number of nitrogens with zero attached hydrogens (tertiary/aromatic N) is 1. The van der Waals surface area contributed by atoms with Crippen molar-refractivity contribution in [1.29, 1.82) is 0 Å². The molecule has 0 N–H and O–H groups in total. The van der Waals surface area contributed by atoms with Gasteiger partial charge in [-0.15, -0.1) is 0 Å². The molecule has 3 aromatic rings. The van der Waals surface area contributed by atoms with Gasteiger partial charge in [-0.05, 0) is 96.6 Å². The van der Waals surface area contributed by atoms with Crippen LogP contribution < -0.4 is 0 Å². The predicted octanol–water partition coefficient (Wildman–Crippen LogP) is 11.9. The minimum Gasteiger partial charge on any atom is -0.410 e. The first kappa shape index (κ1) is 33.8. The molecule has 0 spiro atoms. The van der Waals surface area contributed by atoms with Crippen LogP contribution in [0.3, 0.4) is 0 Å². The van der Waals surface area contributed by atoms with E-state index in [4.69, 9.17) is 9.41 Å². The fourth-order valence-electron chi connectivity index (χ4n) is 7.80. The van der Waals surface area contributed by atoms with E-state index in [0.29, 0.717) is 28.8 Å². The molecule has 1 heterocycles. The van der Waals surface area contributed by atoms with Crippen LogP contribution in [-0.4, -0.2) is 13.3 Å². The van der Waals surface area contributed by atoms with E-state index >= 15 is 4.39 Å². The van der Waals surface area contributed by atoms with Crippen LogP contribution in [0.25, 0.3) is 11.1 Å². The molecule has 2 aromatic carbocycles. The molecule has 2 unspecified atom stereocenters. The molecule has 0 bridgehead atoms. The second-order valence-electron chi connectivity index (χ2n) is 15.8. The van der Waals surface area contributed by atoms with Crippen molar-refractivity contribution in [2.24, 2.45) is 10.8 Å². The highest BCUT2D eigenvalue weighted by atomic mass is 28.4. The lowest BCUT2D eigenvalue weighted by Crippen LogP contribution is -2.40. The number of aromatic nitrogens is 1. The molecule has 5 rings (SSSR count). The Morgan fingerprint density at radius 1 is 0.956 bits per heavy atom. The van der Waals surface area contributed by atoms with Crippen molar-refractivity contribution >= 4 is 8.32 Å². The van der Waals surface area contributed by atoms with Gasteiger partial charge < -0.3 is 4.43 Å². The number of hydrogen-bond acceptors (Lipinski definition) is 2. The van der Waals surface area contributed by atoms with Crippen molar-refractivity contribution in [1.82, 2.24) is 4.98 Å². The molecule has 0 saturated heterocycles. The SMILES string of the molecule is CC(C)(C)C[Si](C)(C)OC1CC(C)(C)Cc2nc(C3CCCC3)c(C(F)c3ccc(C(F)(F)F)cc3)c(-c3ccc(F)cc3)c21. The molecule has 2 aliphatic carbocycles. The van der Waals surface area contributed by atoms with E-state index < -0.39 is 32.0 Å². The maximum Gasteiger partial charge on any atom is 0.416 e. The molecule has 2 aliphatic rings. The zero-order chi connectivity index (χ0) is 32.9. The van der Waals surface area contributed by atoms with Crippen molar-refractivity contribution in [2.45, 2.75) is 117 Å². The molecular weight excluding hydrogens is 597 g/mol. The van der Waals surface area contributed by atoms with Gasteiger partial charge in [0.15, 0.2) is 14.5 Å². The van der Waals surface area contributed by atoms with Crippen LogP contribution >= 0.6 is 0 Å². The zero-order valence-corrected chi connectivity index (χ0v) is 28.5. The van der Waals surface area contributed by atoms with Crippen LogP contribution in [0.1, 0.15) is 119 Å². The van der Waals surface area contributed by atoms with Gasteiger partial charge in [0.05, 0.1) is 17.4 Å². The Hall–Kier alpha value is -2.58. The van der Waals surface area contributed by atoms with Gasteiger partial charge in [-0.3, -0.25) is 4.98 Å². The Morgan fingerprint density at radius 3 is 2.11 bits per heavy atom. The van der Waals surface area contributed by atoms with Crippen molar-refractivity contribution in [3.63, 3.8) is 0 Å². The summed E-state index contributed by atoms with van der Waals surface area (Å²) in [5.74, 6) is -0.361. The lowest BCUT2D eigenvalue weighted by Gasteiger charge is -2.43. The molecule has 0 radical (unpaired) electrons. The molecule has 1 saturated carbocycles. The van der Waals surface area contributed by atoms with Gasteiger partial charge in [0.1, 0.15) is 5.82 Å². The molecule has 2 atom stereocenters. The normalized spacial score (nSPS) is 19.9. The summed E-state index contributed by atoms with van der Waals surface area (Å²) in [5, 5.41) is 0. The van der Waals surface area contributed by atoms with Gasteiger partial charge in [0.25, 0.3) is 0 Å². The van der Waals surface area contributed by atoms with E-state index in [1.807, 2.05) is 0 Å². The van der Waals surface area contributed by atoms with E-state index in [1.165, 1.54) is 24.3 Å². The van der Waals surface area contributed by atoms with Crippen LogP contribution in [0.15, 0.2) is 48.5 Å². The van der Waals surface area contributed by atoms with E-state index in [1.54, 1.807) is 12.1 Å². The number of benzene rings is 2. The Bertz CT molecular complexity index is 1500. The van der Waals surface area contributed by atoms with Crippen molar-refractivity contribution in [2.75, 3.05) is 0 Å². The maximum atomic E-state index is 17.2. The quantitative estimate of drug-likeness (QED) is 0.189. The Morgan fingerprint density at radius 2 is 1.56 bits per heavy atom. The number of alkyl halides is 4. The minimum atomic E-state index is -4.52. The fraction of sp³-hybridized carbons (Fsp3) is 0.541. The second-order valence-corrected chi connectivity index (χ2v) is 19.9. The topological polar surface area (TPSA) is 22.1 Å². The smallest absolute Gasteiger partial charge is 0.410 e. The molecule has 1 fully saturated rings. The number of rotatable bonds is 7. The van der Waals surface area contributed by atoms with Gasteiger partial charge >= 0.3 is 6.18 Å². The minimum absolute atomic E-state index is 0.0355. The highest BCUT2D eigenvalue weighted by Crippen LogP contribution is 2.53. The third-order valence-electron chi connectivity index (χ3n) is 9.16. The monoisotopic (exact) mass is 643 g/mol. The highest BCUT2D eigenvalue weighted by molar-refractivity contribution is 6.71. The lowest BCUT2D eigenvalue weighted by molar-refractivity contribution is -0.137. The summed E-state index contributed by atoms with van der Waals surface area (Å²) < 4.78 is 78.9. The third-order valence-corrected chi connectivity index (χ3v) is 12.0. The fourth-order valence-corrected chi connectivity index (χ4v) is 11.4. The summed E-state index contributed by atoms with van der Waals surface area (Å²) in [5.41, 5.74) is 3.40. The first-order chi connectivity index (χ1) is 20.8. The average molecular weight is 644 g/mol. The van der Waals surface area contributed by atoms with Crippen molar-refractivity contribution in [3.05, 3.63) is 88.0 Å². The van der Waals surface area contributed by atoms with Gasteiger partial charge in [-0.2, -0.15) is 13.2 Å². The molecule has 0 amide bonds. The molecule has 45 heavy (non-hydrogen) atoms. The Kier molecular flexibility index (Phi) is 9.17. The molecule has 8 heteroatoms. The van der Waals surface area contributed by atoms with Crippen molar-refractivity contribution < 1.29 is 26.4 Å². The number of pyridine rings is 1. The van der Waals surface area contributed by atoms with Crippen LogP contribution in [0, 0.1) is 16.6 Å². The zero-order valence-electron chi connectivity index (χ0n) is 27.5. The number of halogens is 5. The summed E-state index contributed by atoms with van der Waals surface area (Å²) in [4.78, 5) is 5.29. The van der Waals surface area contributed by atoms with Gasteiger partial charge in [0.2, 0.25) is 0 Å². The Balaban J connectivity index is 1.78. The molecule has 0 aliphatic heterocycles. The van der Waals surface area contributed by atoms with E-state index in [2.05, 4.69) is 47.7 Å². The maximum absolute atomic E-state index is 17.2.